The molecule has 174 valence electrons. The Labute approximate surface area is 186 Å². The van der Waals surface area contributed by atoms with Gasteiger partial charge in [0.25, 0.3) is 5.91 Å². The van der Waals surface area contributed by atoms with E-state index in [-0.39, 0.29) is 11.5 Å². The van der Waals surface area contributed by atoms with Crippen molar-refractivity contribution in [1.29, 1.82) is 0 Å². The zero-order valence-electron chi connectivity index (χ0n) is 17.1. The second-order valence-corrected chi connectivity index (χ2v) is 8.46. The van der Waals surface area contributed by atoms with Gasteiger partial charge in [-0.15, -0.1) is 11.3 Å². The second-order valence-electron chi connectivity index (χ2n) is 7.51. The van der Waals surface area contributed by atoms with E-state index in [9.17, 15) is 18.0 Å². The molecule has 11 heteroatoms. The van der Waals surface area contributed by atoms with Crippen LogP contribution in [-0.4, -0.2) is 64.9 Å². The summed E-state index contributed by atoms with van der Waals surface area (Å²) in [5.74, 6) is -1.55. The van der Waals surface area contributed by atoms with Crippen LogP contribution in [0.4, 0.5) is 13.2 Å². The monoisotopic (exact) mass is 472 g/mol. The Morgan fingerprint density at radius 3 is 2.75 bits per heavy atom. The van der Waals surface area contributed by atoms with Gasteiger partial charge in [0, 0.05) is 18.7 Å². The van der Waals surface area contributed by atoms with Gasteiger partial charge in [0.05, 0.1) is 36.4 Å². The Morgan fingerprint density at radius 1 is 1.34 bits per heavy atom. The first-order valence-corrected chi connectivity index (χ1v) is 10.9. The lowest BCUT2D eigenvalue weighted by atomic mass is 9.89. The highest BCUT2D eigenvalue weighted by atomic mass is 32.1. The van der Waals surface area contributed by atoms with E-state index in [1.165, 1.54) is 11.3 Å². The van der Waals surface area contributed by atoms with Crippen molar-refractivity contribution < 1.29 is 37.3 Å². The normalized spacial score (nSPS) is 22.8. The van der Waals surface area contributed by atoms with E-state index in [0.29, 0.717) is 32.2 Å². The van der Waals surface area contributed by atoms with Crippen LogP contribution in [0, 0.1) is 5.92 Å². The molecule has 3 heterocycles. The van der Waals surface area contributed by atoms with Crippen LogP contribution in [-0.2, 0) is 9.53 Å². The van der Waals surface area contributed by atoms with Gasteiger partial charge in [-0.05, 0) is 42.8 Å². The summed E-state index contributed by atoms with van der Waals surface area (Å²) >= 11 is 1.50. The van der Waals surface area contributed by atoms with E-state index in [1.807, 2.05) is 34.5 Å². The van der Waals surface area contributed by atoms with Gasteiger partial charge < -0.3 is 19.5 Å². The number of ether oxygens (including phenoxy) is 2. The number of carboxylic acid groups (broad SMARTS) is 1. The van der Waals surface area contributed by atoms with Crippen LogP contribution in [0.3, 0.4) is 0 Å². The number of rotatable bonds is 4. The van der Waals surface area contributed by atoms with Crippen LogP contribution in [0.15, 0.2) is 42.0 Å². The summed E-state index contributed by atoms with van der Waals surface area (Å²) in [6.45, 7) is 2.52. The van der Waals surface area contributed by atoms with Gasteiger partial charge in [0.15, 0.2) is 0 Å². The highest BCUT2D eigenvalue weighted by molar-refractivity contribution is 7.12. The molecular weight excluding hydrogens is 449 g/mol. The number of halogens is 3. The number of carboxylic acids is 1. The van der Waals surface area contributed by atoms with Crippen molar-refractivity contribution in [2.75, 3.05) is 26.3 Å². The van der Waals surface area contributed by atoms with E-state index in [0.717, 1.165) is 29.9 Å². The van der Waals surface area contributed by atoms with Crippen molar-refractivity contribution in [3.63, 3.8) is 0 Å². The summed E-state index contributed by atoms with van der Waals surface area (Å²) in [4.78, 5) is 28.5. The van der Waals surface area contributed by atoms with Crippen LogP contribution in [0.2, 0.25) is 0 Å². The van der Waals surface area contributed by atoms with Gasteiger partial charge in [-0.2, -0.15) is 13.2 Å². The molecule has 2 atom stereocenters. The van der Waals surface area contributed by atoms with E-state index >= 15 is 0 Å². The molecule has 1 saturated heterocycles. The van der Waals surface area contributed by atoms with Gasteiger partial charge in [0.2, 0.25) is 0 Å². The topological polar surface area (TPSA) is 89.0 Å². The number of nitrogens with zero attached hydrogens (tertiary/aromatic N) is 2. The number of carbonyl (C=O) groups is 2. The van der Waals surface area contributed by atoms with E-state index < -0.39 is 12.1 Å². The number of thiophene rings is 1. The average molecular weight is 472 g/mol. The quantitative estimate of drug-likeness (QED) is 0.727. The number of aromatic nitrogens is 1. The number of pyridine rings is 1. The number of alkyl halides is 3. The maximum Gasteiger partial charge on any atom is 0.490 e. The number of hydrogen-bond donors (Lipinski definition) is 1. The number of carbonyl (C=O) groups excluding carboxylic acids is 1. The molecule has 2 aromatic rings. The zero-order chi connectivity index (χ0) is 23.2. The van der Waals surface area contributed by atoms with Crippen molar-refractivity contribution >= 4 is 23.2 Å². The molecule has 2 aromatic heterocycles. The first kappa shape index (κ1) is 24.0. The molecule has 7 nitrogen and oxygen atoms in total. The second kappa shape index (κ2) is 10.3. The Morgan fingerprint density at radius 2 is 2.12 bits per heavy atom. The largest absolute Gasteiger partial charge is 0.492 e. The Kier molecular flexibility index (Phi) is 7.73. The third-order valence-corrected chi connectivity index (χ3v) is 6.31. The Balaban J connectivity index is 0.000000360. The molecule has 0 aromatic carbocycles. The van der Waals surface area contributed by atoms with Crippen LogP contribution in [0.5, 0.6) is 5.75 Å². The van der Waals surface area contributed by atoms with Gasteiger partial charge in [-0.25, -0.2) is 4.79 Å². The molecule has 1 aliphatic carbocycles. The van der Waals surface area contributed by atoms with E-state index in [2.05, 4.69) is 4.98 Å². The molecule has 1 saturated carbocycles. The van der Waals surface area contributed by atoms with Gasteiger partial charge in [-0.3, -0.25) is 9.78 Å². The molecule has 1 spiro atoms. The fourth-order valence-electron chi connectivity index (χ4n) is 3.91. The minimum Gasteiger partial charge on any atom is -0.492 e. The highest BCUT2D eigenvalue weighted by Gasteiger charge is 2.48. The van der Waals surface area contributed by atoms with Crippen molar-refractivity contribution in [1.82, 2.24) is 9.88 Å². The van der Waals surface area contributed by atoms with Crippen molar-refractivity contribution in [3.05, 3.63) is 46.9 Å². The van der Waals surface area contributed by atoms with E-state index in [4.69, 9.17) is 19.4 Å². The van der Waals surface area contributed by atoms with E-state index in [1.54, 1.807) is 12.4 Å². The number of amides is 1. The molecule has 0 bridgehead atoms. The third-order valence-electron chi connectivity index (χ3n) is 5.45. The predicted molar refractivity (Wildman–Crippen MR) is 110 cm³/mol. The summed E-state index contributed by atoms with van der Waals surface area (Å²) < 4.78 is 43.9. The predicted octanol–water partition coefficient (Wildman–Crippen LogP) is 3.87. The van der Waals surface area contributed by atoms with Crippen LogP contribution < -0.4 is 4.74 Å². The molecule has 0 radical (unpaired) electrons. The molecule has 2 fully saturated rings. The summed E-state index contributed by atoms with van der Waals surface area (Å²) in [5.41, 5.74) is -0.270. The van der Waals surface area contributed by atoms with Crippen molar-refractivity contribution in [3.8, 4) is 5.75 Å². The molecule has 2 aliphatic rings. The molecule has 0 unspecified atom stereocenters. The summed E-state index contributed by atoms with van der Waals surface area (Å²) in [6.07, 6.45) is 1.56. The molecule has 4 rings (SSSR count). The molecule has 1 N–H and O–H groups in total. The maximum absolute atomic E-state index is 12.7. The fourth-order valence-corrected chi connectivity index (χ4v) is 4.60. The average Bonchev–Trinajstić information content (AvgIpc) is 3.43. The first-order chi connectivity index (χ1) is 15.2. The lowest BCUT2D eigenvalue weighted by Gasteiger charge is -2.43. The summed E-state index contributed by atoms with van der Waals surface area (Å²) in [5, 5.41) is 9.07. The maximum atomic E-state index is 12.7. The smallest absolute Gasteiger partial charge is 0.490 e. The van der Waals surface area contributed by atoms with Crippen LogP contribution >= 0.6 is 11.3 Å². The molecule has 32 heavy (non-hydrogen) atoms. The minimum absolute atomic E-state index is 0.122. The highest BCUT2D eigenvalue weighted by Crippen LogP contribution is 2.41. The molecule has 1 aliphatic heterocycles. The third kappa shape index (κ3) is 5.98. The summed E-state index contributed by atoms with van der Waals surface area (Å²) in [7, 11) is 0. The lowest BCUT2D eigenvalue weighted by Crippen LogP contribution is -2.56. The van der Waals surface area contributed by atoms with Crippen molar-refractivity contribution in [2.45, 2.75) is 31.0 Å². The summed E-state index contributed by atoms with van der Waals surface area (Å²) in [6, 6.07) is 7.61. The number of hydrogen-bond acceptors (Lipinski definition) is 6. The Hall–Kier alpha value is -2.66. The minimum atomic E-state index is -5.08. The van der Waals surface area contributed by atoms with Crippen molar-refractivity contribution in [2.24, 2.45) is 5.92 Å². The molecular formula is C21H23F3N2O5S. The fraction of sp³-hybridized carbons (Fsp3) is 0.476. The van der Waals surface area contributed by atoms with Gasteiger partial charge in [-0.1, -0.05) is 6.07 Å². The van der Waals surface area contributed by atoms with Crippen LogP contribution in [0.1, 0.15) is 28.9 Å². The van der Waals surface area contributed by atoms with Gasteiger partial charge in [0.1, 0.15) is 5.75 Å². The molecule has 1 amide bonds. The standard InChI is InChI=1S/C19H22N2O3S.C2HF3O2/c22-18(17-6-3-11-25-17)21-9-10-24-19(14-21)7-1-4-15(19)13-23-16-5-2-8-20-12-16;3-2(4,5)1(6)7/h2-3,5-6,8,11-12,15H,1,4,7,9-10,13-14H2;(H,6,7)/t15-,19-;/m1./s1. The SMILES string of the molecule is O=C(O)C(F)(F)F.O=C(c1cccs1)N1CCO[C@]2(CCC[C@@H]2COc2cccnc2)C1. The Bertz CT molecular complexity index is 895. The lowest BCUT2D eigenvalue weighted by molar-refractivity contribution is -0.192. The van der Waals surface area contributed by atoms with Crippen LogP contribution in [0.25, 0.3) is 0 Å². The number of aliphatic carboxylic acids is 1. The first-order valence-electron chi connectivity index (χ1n) is 10.0. The number of morpholine rings is 1. The van der Waals surface area contributed by atoms with Gasteiger partial charge >= 0.3 is 12.1 Å². The zero-order valence-corrected chi connectivity index (χ0v) is 17.9.